The van der Waals surface area contributed by atoms with Crippen molar-refractivity contribution in [1.29, 1.82) is 0 Å². The number of esters is 1. The molecule has 1 aliphatic rings. The summed E-state index contributed by atoms with van der Waals surface area (Å²) in [7, 11) is 0. The second-order valence-electron chi connectivity index (χ2n) is 7.82. The van der Waals surface area contributed by atoms with Crippen LogP contribution in [0.25, 0.3) is 0 Å². The van der Waals surface area contributed by atoms with Gasteiger partial charge in [-0.1, -0.05) is 23.7 Å². The standard InChI is InChI=1S/C20H27ClO5/c1-20(2,3)26-19(24)16-5-4-6-17(18(22)23)25-12-14(16)11-13-7-9-15(21)10-8-13/h7-10,14,16-17H,4-6,11-12H2,1-3H3,(H,22,23)/t14-,16?,17+/m0/s1. The molecule has 0 radical (unpaired) electrons. The SMILES string of the molecule is CC(C)(C)OC(=O)C1CCC[C@H](C(=O)O)OC[C@@H]1Cc1ccc(Cl)cc1. The first-order chi connectivity index (χ1) is 12.2. The van der Waals surface area contributed by atoms with Crippen LogP contribution >= 0.6 is 11.6 Å². The third-order valence-electron chi connectivity index (χ3n) is 4.46. The van der Waals surface area contributed by atoms with E-state index in [9.17, 15) is 14.7 Å². The fourth-order valence-corrected chi connectivity index (χ4v) is 3.33. The molecule has 144 valence electrons. The van der Waals surface area contributed by atoms with Crippen LogP contribution in [-0.2, 0) is 25.5 Å². The molecule has 1 N–H and O–H groups in total. The van der Waals surface area contributed by atoms with Crippen molar-refractivity contribution in [3.8, 4) is 0 Å². The fraction of sp³-hybridized carbons (Fsp3) is 0.600. The van der Waals surface area contributed by atoms with Gasteiger partial charge >= 0.3 is 11.9 Å². The molecule has 0 aromatic heterocycles. The zero-order chi connectivity index (χ0) is 19.3. The number of benzene rings is 1. The maximum Gasteiger partial charge on any atom is 0.332 e. The molecule has 2 rings (SSSR count). The summed E-state index contributed by atoms with van der Waals surface area (Å²) >= 11 is 5.94. The van der Waals surface area contributed by atoms with Crippen LogP contribution in [0.5, 0.6) is 0 Å². The zero-order valence-corrected chi connectivity index (χ0v) is 16.3. The minimum absolute atomic E-state index is 0.145. The Morgan fingerprint density at radius 1 is 1.23 bits per heavy atom. The van der Waals surface area contributed by atoms with E-state index in [2.05, 4.69) is 0 Å². The van der Waals surface area contributed by atoms with Gasteiger partial charge < -0.3 is 14.6 Å². The summed E-state index contributed by atoms with van der Waals surface area (Å²) in [5, 5.41) is 9.91. The van der Waals surface area contributed by atoms with Crippen molar-refractivity contribution in [2.75, 3.05) is 6.61 Å². The van der Waals surface area contributed by atoms with E-state index in [1.807, 2.05) is 45.0 Å². The average molecular weight is 383 g/mol. The highest BCUT2D eigenvalue weighted by atomic mass is 35.5. The van der Waals surface area contributed by atoms with Crippen molar-refractivity contribution in [1.82, 2.24) is 0 Å². The van der Waals surface area contributed by atoms with E-state index in [0.717, 1.165) is 5.56 Å². The highest BCUT2D eigenvalue weighted by molar-refractivity contribution is 6.30. The molecule has 26 heavy (non-hydrogen) atoms. The van der Waals surface area contributed by atoms with Gasteiger partial charge in [-0.2, -0.15) is 0 Å². The lowest BCUT2D eigenvalue weighted by Crippen LogP contribution is -2.38. The quantitative estimate of drug-likeness (QED) is 0.793. The second kappa shape index (κ2) is 8.87. The molecular weight excluding hydrogens is 356 g/mol. The summed E-state index contributed by atoms with van der Waals surface area (Å²) in [5.41, 5.74) is 0.471. The number of ether oxygens (including phenoxy) is 2. The molecule has 0 bridgehead atoms. The molecule has 5 nitrogen and oxygen atoms in total. The molecule has 1 saturated heterocycles. The van der Waals surface area contributed by atoms with E-state index in [4.69, 9.17) is 21.1 Å². The monoisotopic (exact) mass is 382 g/mol. The number of rotatable bonds is 4. The van der Waals surface area contributed by atoms with Crippen LogP contribution in [0.3, 0.4) is 0 Å². The Labute approximate surface area is 159 Å². The average Bonchev–Trinajstić information content (AvgIpc) is 2.50. The second-order valence-corrected chi connectivity index (χ2v) is 8.26. The molecule has 0 aliphatic carbocycles. The van der Waals surface area contributed by atoms with Gasteiger partial charge in [-0.15, -0.1) is 0 Å². The largest absolute Gasteiger partial charge is 0.479 e. The van der Waals surface area contributed by atoms with Gasteiger partial charge in [0, 0.05) is 5.02 Å². The summed E-state index contributed by atoms with van der Waals surface area (Å²) < 4.78 is 11.2. The highest BCUT2D eigenvalue weighted by Gasteiger charge is 2.35. The van der Waals surface area contributed by atoms with E-state index in [-0.39, 0.29) is 24.4 Å². The van der Waals surface area contributed by atoms with Crippen LogP contribution in [0.15, 0.2) is 24.3 Å². The number of carbonyl (C=O) groups excluding carboxylic acids is 1. The number of hydrogen-bond donors (Lipinski definition) is 1. The molecule has 1 aromatic rings. The minimum Gasteiger partial charge on any atom is -0.479 e. The van der Waals surface area contributed by atoms with Gasteiger partial charge in [0.1, 0.15) is 5.60 Å². The number of carboxylic acid groups (broad SMARTS) is 1. The van der Waals surface area contributed by atoms with Gasteiger partial charge in [0.2, 0.25) is 0 Å². The molecule has 3 atom stereocenters. The van der Waals surface area contributed by atoms with E-state index in [0.29, 0.717) is 30.7 Å². The Bertz CT molecular complexity index is 620. The van der Waals surface area contributed by atoms with Gasteiger partial charge in [0.15, 0.2) is 6.10 Å². The van der Waals surface area contributed by atoms with E-state index >= 15 is 0 Å². The molecule has 1 fully saturated rings. The molecule has 6 heteroatoms. The lowest BCUT2D eigenvalue weighted by Gasteiger charge is -2.32. The Morgan fingerprint density at radius 2 is 1.88 bits per heavy atom. The maximum absolute atomic E-state index is 12.7. The molecule has 1 aliphatic heterocycles. The highest BCUT2D eigenvalue weighted by Crippen LogP contribution is 2.30. The first-order valence-corrected chi connectivity index (χ1v) is 9.35. The number of carboxylic acids is 1. The first-order valence-electron chi connectivity index (χ1n) is 8.97. The number of carbonyl (C=O) groups is 2. The normalized spacial score (nSPS) is 24.4. The van der Waals surface area contributed by atoms with Crippen molar-refractivity contribution < 1.29 is 24.2 Å². The van der Waals surface area contributed by atoms with Crippen LogP contribution in [0.4, 0.5) is 0 Å². The summed E-state index contributed by atoms with van der Waals surface area (Å²) in [5.74, 6) is -1.66. The number of hydrogen-bond acceptors (Lipinski definition) is 4. The van der Waals surface area contributed by atoms with E-state index < -0.39 is 17.7 Å². The molecule has 0 spiro atoms. The molecule has 0 amide bonds. The molecule has 1 aromatic carbocycles. The summed E-state index contributed by atoms with van der Waals surface area (Å²) in [6.07, 6.45) is 1.40. The van der Waals surface area contributed by atoms with Gasteiger partial charge in [-0.25, -0.2) is 4.79 Å². The smallest absolute Gasteiger partial charge is 0.332 e. The van der Waals surface area contributed by atoms with Gasteiger partial charge in [0.05, 0.1) is 12.5 Å². The topological polar surface area (TPSA) is 72.8 Å². The summed E-state index contributed by atoms with van der Waals surface area (Å²) in [4.78, 5) is 24.0. The number of halogens is 1. The van der Waals surface area contributed by atoms with Gasteiger partial charge in [-0.3, -0.25) is 4.79 Å². The lowest BCUT2D eigenvalue weighted by atomic mass is 9.82. The lowest BCUT2D eigenvalue weighted by molar-refractivity contribution is -0.166. The van der Waals surface area contributed by atoms with Crippen molar-refractivity contribution in [3.63, 3.8) is 0 Å². The Morgan fingerprint density at radius 3 is 2.46 bits per heavy atom. The van der Waals surface area contributed by atoms with Crippen molar-refractivity contribution in [2.45, 2.75) is 58.2 Å². The fourth-order valence-electron chi connectivity index (χ4n) is 3.21. The van der Waals surface area contributed by atoms with Crippen LogP contribution in [-0.4, -0.2) is 35.4 Å². The third kappa shape index (κ3) is 6.29. The summed E-state index contributed by atoms with van der Waals surface area (Å²) in [6, 6.07) is 7.45. The molecule has 1 heterocycles. The van der Waals surface area contributed by atoms with Crippen molar-refractivity contribution in [2.24, 2.45) is 11.8 Å². The Balaban J connectivity index is 2.18. The predicted molar refractivity (Wildman–Crippen MR) is 99.2 cm³/mol. The number of aliphatic carboxylic acids is 1. The van der Waals surface area contributed by atoms with Crippen molar-refractivity contribution >= 4 is 23.5 Å². The minimum atomic E-state index is -0.953. The maximum atomic E-state index is 12.7. The van der Waals surface area contributed by atoms with E-state index in [1.54, 1.807) is 0 Å². The molecule has 0 saturated carbocycles. The van der Waals surface area contributed by atoms with Crippen LogP contribution < -0.4 is 0 Å². The zero-order valence-electron chi connectivity index (χ0n) is 15.5. The third-order valence-corrected chi connectivity index (χ3v) is 4.71. The predicted octanol–water partition coefficient (Wildman–Crippen LogP) is 4.11. The van der Waals surface area contributed by atoms with Crippen LogP contribution in [0.1, 0.15) is 45.6 Å². The molecule has 1 unspecified atom stereocenters. The summed E-state index contributed by atoms with van der Waals surface area (Å²) in [6.45, 7) is 5.75. The first kappa shape index (κ1) is 20.7. The van der Waals surface area contributed by atoms with Crippen LogP contribution in [0.2, 0.25) is 5.02 Å². The van der Waals surface area contributed by atoms with Crippen molar-refractivity contribution in [3.05, 3.63) is 34.9 Å². The Hall–Kier alpha value is -1.59. The van der Waals surface area contributed by atoms with Gasteiger partial charge in [0.25, 0.3) is 0 Å². The Kier molecular flexibility index (Phi) is 7.07. The van der Waals surface area contributed by atoms with Gasteiger partial charge in [-0.05, 0) is 70.1 Å². The van der Waals surface area contributed by atoms with Crippen LogP contribution in [0, 0.1) is 11.8 Å². The molecular formula is C20H27ClO5. The van der Waals surface area contributed by atoms with E-state index in [1.165, 1.54) is 0 Å².